The monoisotopic (exact) mass is 404 g/mol. The van der Waals surface area contributed by atoms with Gasteiger partial charge in [-0.2, -0.15) is 5.10 Å². The van der Waals surface area contributed by atoms with Crippen LogP contribution in [-0.2, 0) is 13.1 Å². The van der Waals surface area contributed by atoms with E-state index in [4.69, 9.17) is 4.74 Å². The SMILES string of the molecule is CCOc1ccc(C2CCCN2C(=O)NCc2ccccc2Cn2cccn2)cc1. The van der Waals surface area contributed by atoms with Gasteiger partial charge in [0.25, 0.3) is 0 Å². The molecule has 0 saturated carbocycles. The lowest BCUT2D eigenvalue weighted by Gasteiger charge is -2.26. The van der Waals surface area contributed by atoms with Crippen LogP contribution in [0, 0.1) is 0 Å². The van der Waals surface area contributed by atoms with Crippen molar-refractivity contribution < 1.29 is 9.53 Å². The van der Waals surface area contributed by atoms with E-state index in [0.29, 0.717) is 19.7 Å². The highest BCUT2D eigenvalue weighted by Crippen LogP contribution is 2.32. The Labute approximate surface area is 177 Å². The van der Waals surface area contributed by atoms with Gasteiger partial charge in [-0.1, -0.05) is 36.4 Å². The van der Waals surface area contributed by atoms with Crippen LogP contribution < -0.4 is 10.1 Å². The third-order valence-electron chi connectivity index (χ3n) is 5.53. The minimum Gasteiger partial charge on any atom is -0.494 e. The second kappa shape index (κ2) is 9.48. The summed E-state index contributed by atoms with van der Waals surface area (Å²) >= 11 is 0. The first-order valence-corrected chi connectivity index (χ1v) is 10.6. The molecule has 6 nitrogen and oxygen atoms in total. The molecule has 2 aromatic carbocycles. The second-order valence-corrected chi connectivity index (χ2v) is 7.48. The van der Waals surface area contributed by atoms with E-state index < -0.39 is 0 Å². The summed E-state index contributed by atoms with van der Waals surface area (Å²) in [4.78, 5) is 14.9. The molecule has 4 rings (SSSR count). The van der Waals surface area contributed by atoms with Gasteiger partial charge in [-0.25, -0.2) is 4.79 Å². The molecule has 1 aliphatic rings. The molecular formula is C24H28N4O2. The molecule has 1 saturated heterocycles. The Morgan fingerprint density at radius 1 is 1.13 bits per heavy atom. The molecule has 1 fully saturated rings. The maximum atomic E-state index is 13.0. The Hall–Kier alpha value is -3.28. The number of hydrogen-bond acceptors (Lipinski definition) is 3. The van der Waals surface area contributed by atoms with Crippen molar-refractivity contribution in [2.75, 3.05) is 13.2 Å². The van der Waals surface area contributed by atoms with Crippen molar-refractivity contribution in [3.63, 3.8) is 0 Å². The number of likely N-dealkylation sites (tertiary alicyclic amines) is 1. The zero-order valence-corrected chi connectivity index (χ0v) is 17.3. The van der Waals surface area contributed by atoms with Gasteiger partial charge in [0, 0.05) is 25.5 Å². The van der Waals surface area contributed by atoms with Gasteiger partial charge in [0.15, 0.2) is 0 Å². The number of benzene rings is 2. The molecule has 6 heteroatoms. The van der Waals surface area contributed by atoms with Crippen LogP contribution >= 0.6 is 0 Å². The van der Waals surface area contributed by atoms with Crippen molar-refractivity contribution in [1.82, 2.24) is 20.0 Å². The minimum absolute atomic E-state index is 0.0136. The van der Waals surface area contributed by atoms with E-state index in [1.807, 2.05) is 53.0 Å². The Morgan fingerprint density at radius 3 is 2.67 bits per heavy atom. The summed E-state index contributed by atoms with van der Waals surface area (Å²) in [5, 5.41) is 7.41. The Balaban J connectivity index is 1.40. The third-order valence-corrected chi connectivity index (χ3v) is 5.53. The van der Waals surface area contributed by atoms with E-state index in [2.05, 4.69) is 34.7 Å². The maximum absolute atomic E-state index is 13.0. The maximum Gasteiger partial charge on any atom is 0.318 e. The van der Waals surface area contributed by atoms with Gasteiger partial charge in [-0.05, 0) is 54.7 Å². The molecule has 0 bridgehead atoms. The number of carbonyl (C=O) groups is 1. The number of urea groups is 1. The molecule has 1 unspecified atom stereocenters. The largest absolute Gasteiger partial charge is 0.494 e. The lowest BCUT2D eigenvalue weighted by atomic mass is 10.0. The van der Waals surface area contributed by atoms with Crippen LogP contribution in [0.3, 0.4) is 0 Å². The van der Waals surface area contributed by atoms with Gasteiger partial charge in [-0.3, -0.25) is 4.68 Å². The van der Waals surface area contributed by atoms with E-state index in [1.165, 1.54) is 0 Å². The minimum atomic E-state index is -0.0136. The van der Waals surface area contributed by atoms with Crippen LogP contribution in [-0.4, -0.2) is 33.9 Å². The van der Waals surface area contributed by atoms with Crippen molar-refractivity contribution in [3.05, 3.63) is 83.7 Å². The normalized spacial score (nSPS) is 15.9. The van der Waals surface area contributed by atoms with Gasteiger partial charge < -0.3 is 15.0 Å². The van der Waals surface area contributed by atoms with Gasteiger partial charge in [-0.15, -0.1) is 0 Å². The molecular weight excluding hydrogens is 376 g/mol. The lowest BCUT2D eigenvalue weighted by Crippen LogP contribution is -2.39. The first-order chi connectivity index (χ1) is 14.7. The van der Waals surface area contributed by atoms with Gasteiger partial charge in [0.05, 0.1) is 19.2 Å². The lowest BCUT2D eigenvalue weighted by molar-refractivity contribution is 0.192. The van der Waals surface area contributed by atoms with Crippen LogP contribution in [0.1, 0.15) is 42.5 Å². The van der Waals surface area contributed by atoms with Crippen molar-refractivity contribution >= 4 is 6.03 Å². The van der Waals surface area contributed by atoms with Crippen LogP contribution in [0.5, 0.6) is 5.75 Å². The summed E-state index contributed by atoms with van der Waals surface area (Å²) in [7, 11) is 0. The van der Waals surface area contributed by atoms with Gasteiger partial charge in [0.1, 0.15) is 5.75 Å². The summed E-state index contributed by atoms with van der Waals surface area (Å²) in [5.41, 5.74) is 3.43. The summed E-state index contributed by atoms with van der Waals surface area (Å²) < 4.78 is 7.43. The number of rotatable bonds is 7. The van der Waals surface area contributed by atoms with Crippen molar-refractivity contribution in [3.8, 4) is 5.75 Å². The summed E-state index contributed by atoms with van der Waals surface area (Å²) in [6.45, 7) is 4.60. The molecule has 3 aromatic rings. The van der Waals surface area contributed by atoms with E-state index in [-0.39, 0.29) is 12.1 Å². The fourth-order valence-corrected chi connectivity index (χ4v) is 4.03. The molecule has 2 heterocycles. The second-order valence-electron chi connectivity index (χ2n) is 7.48. The molecule has 1 atom stereocenters. The Kier molecular flexibility index (Phi) is 6.32. The summed E-state index contributed by atoms with van der Waals surface area (Å²) in [6.07, 6.45) is 5.72. The topological polar surface area (TPSA) is 59.4 Å². The Morgan fingerprint density at radius 2 is 1.93 bits per heavy atom. The van der Waals surface area contributed by atoms with Crippen LogP contribution in [0.2, 0.25) is 0 Å². The molecule has 30 heavy (non-hydrogen) atoms. The highest BCUT2D eigenvalue weighted by atomic mass is 16.5. The fourth-order valence-electron chi connectivity index (χ4n) is 4.03. The van der Waals surface area contributed by atoms with Crippen LogP contribution in [0.4, 0.5) is 4.79 Å². The first kappa shape index (κ1) is 20.0. The standard InChI is InChI=1S/C24H28N4O2/c1-2-30-22-12-10-19(11-13-22)23-9-5-16-28(23)24(29)25-17-20-7-3-4-8-21(20)18-27-15-6-14-26-27/h3-4,6-8,10-15,23H,2,5,9,16-18H2,1H3,(H,25,29). The molecule has 0 spiro atoms. The molecule has 2 amide bonds. The van der Waals surface area contributed by atoms with Gasteiger partial charge >= 0.3 is 6.03 Å². The predicted octanol–water partition coefficient (Wildman–Crippen LogP) is 4.38. The predicted molar refractivity (Wildman–Crippen MR) is 116 cm³/mol. The number of nitrogens with zero attached hydrogens (tertiary/aromatic N) is 3. The highest BCUT2D eigenvalue weighted by molar-refractivity contribution is 5.75. The van der Waals surface area contributed by atoms with Gasteiger partial charge in [0.2, 0.25) is 0 Å². The van der Waals surface area contributed by atoms with E-state index in [0.717, 1.165) is 41.8 Å². The number of aromatic nitrogens is 2. The zero-order valence-electron chi connectivity index (χ0n) is 17.3. The third kappa shape index (κ3) is 4.64. The van der Waals surface area contributed by atoms with Crippen molar-refractivity contribution in [2.24, 2.45) is 0 Å². The number of carbonyl (C=O) groups excluding carboxylic acids is 1. The average Bonchev–Trinajstić information content (AvgIpc) is 3.46. The van der Waals surface area contributed by atoms with Crippen molar-refractivity contribution in [2.45, 2.75) is 38.9 Å². The van der Waals surface area contributed by atoms with E-state index >= 15 is 0 Å². The molecule has 1 aliphatic heterocycles. The molecule has 1 aromatic heterocycles. The Bertz CT molecular complexity index is 954. The van der Waals surface area contributed by atoms with Crippen molar-refractivity contribution in [1.29, 1.82) is 0 Å². The summed E-state index contributed by atoms with van der Waals surface area (Å²) in [5.74, 6) is 0.865. The number of hydrogen-bond donors (Lipinski definition) is 1. The van der Waals surface area contributed by atoms with E-state index in [1.54, 1.807) is 6.20 Å². The average molecular weight is 405 g/mol. The quantitative estimate of drug-likeness (QED) is 0.636. The van der Waals surface area contributed by atoms with Crippen LogP contribution in [0.15, 0.2) is 67.0 Å². The highest BCUT2D eigenvalue weighted by Gasteiger charge is 2.29. The van der Waals surface area contributed by atoms with E-state index in [9.17, 15) is 4.79 Å². The first-order valence-electron chi connectivity index (χ1n) is 10.6. The molecule has 0 radical (unpaired) electrons. The van der Waals surface area contributed by atoms with Crippen LogP contribution in [0.25, 0.3) is 0 Å². The molecule has 1 N–H and O–H groups in total. The smallest absolute Gasteiger partial charge is 0.318 e. The number of ether oxygens (including phenoxy) is 1. The zero-order chi connectivity index (χ0) is 20.8. The number of amides is 2. The number of nitrogens with one attached hydrogen (secondary N) is 1. The summed E-state index contributed by atoms with van der Waals surface area (Å²) in [6, 6.07) is 18.3. The fraction of sp³-hybridized carbons (Fsp3) is 0.333. The molecule has 156 valence electrons. The molecule has 0 aliphatic carbocycles.